The highest BCUT2D eigenvalue weighted by Crippen LogP contribution is 2.48. The molecule has 2 aliphatic heterocycles. The number of aromatic amines is 1. The van der Waals surface area contributed by atoms with E-state index in [1.54, 1.807) is 0 Å². The molecule has 1 aromatic rings. The smallest absolute Gasteiger partial charge is 0.255 e. The summed E-state index contributed by atoms with van der Waals surface area (Å²) in [5.41, 5.74) is 1.18. The van der Waals surface area contributed by atoms with E-state index in [0.717, 1.165) is 82.6 Å². The number of hydrogen-bond acceptors (Lipinski definition) is 4. The van der Waals surface area contributed by atoms with Gasteiger partial charge in [-0.05, 0) is 63.9 Å². The number of nitrogens with zero attached hydrogens (tertiary/aromatic N) is 2. The molecule has 2 amide bonds. The van der Waals surface area contributed by atoms with Crippen molar-refractivity contribution in [3.05, 3.63) is 23.5 Å². The van der Waals surface area contributed by atoms with Crippen molar-refractivity contribution in [3.8, 4) is 0 Å². The van der Waals surface area contributed by atoms with Crippen molar-refractivity contribution < 1.29 is 14.3 Å². The van der Waals surface area contributed by atoms with Crippen molar-refractivity contribution in [3.63, 3.8) is 0 Å². The van der Waals surface area contributed by atoms with Crippen LogP contribution in [0.4, 0.5) is 0 Å². The molecule has 5 rings (SSSR count). The Morgan fingerprint density at radius 1 is 1.16 bits per heavy atom. The number of carbonyl (C=O) groups is 2. The summed E-state index contributed by atoms with van der Waals surface area (Å²) in [5, 5.41) is 3.36. The number of carbonyl (C=O) groups excluding carboxylic acids is 2. The number of likely N-dealkylation sites (tertiary alicyclic amines) is 1. The van der Waals surface area contributed by atoms with Gasteiger partial charge in [0.25, 0.3) is 5.91 Å². The fraction of sp³-hybridized carbons (Fsp3) is 0.750. The van der Waals surface area contributed by atoms with Crippen molar-refractivity contribution in [1.29, 1.82) is 0 Å². The van der Waals surface area contributed by atoms with Gasteiger partial charge < -0.3 is 19.9 Å². The lowest BCUT2D eigenvalue weighted by Gasteiger charge is -2.53. The topological polar surface area (TPSA) is 77.7 Å². The minimum Gasteiger partial charge on any atom is -0.379 e. The number of hydrogen-bond donors (Lipinski definition) is 2. The van der Waals surface area contributed by atoms with Gasteiger partial charge in [0.2, 0.25) is 5.91 Å². The Balaban J connectivity index is 1.36. The van der Waals surface area contributed by atoms with Crippen LogP contribution in [0.25, 0.3) is 0 Å². The van der Waals surface area contributed by atoms with Crippen LogP contribution in [-0.2, 0) is 9.53 Å². The lowest BCUT2D eigenvalue weighted by molar-refractivity contribution is -0.145. The predicted octanol–water partition coefficient (Wildman–Crippen LogP) is 2.33. The maximum atomic E-state index is 13.7. The lowest BCUT2D eigenvalue weighted by atomic mass is 9.60. The monoisotopic (exact) mass is 428 g/mol. The minimum atomic E-state index is -0.448. The maximum Gasteiger partial charge on any atom is 0.255 e. The normalized spacial score (nSPS) is 32.2. The summed E-state index contributed by atoms with van der Waals surface area (Å²) < 4.78 is 5.55. The van der Waals surface area contributed by atoms with Gasteiger partial charge in [-0.1, -0.05) is 0 Å². The highest BCUT2D eigenvalue weighted by molar-refractivity contribution is 5.96. The van der Waals surface area contributed by atoms with E-state index in [-0.39, 0.29) is 11.8 Å². The van der Waals surface area contributed by atoms with Crippen LogP contribution in [0.5, 0.6) is 0 Å². The van der Waals surface area contributed by atoms with Crippen LogP contribution in [0.15, 0.2) is 12.3 Å². The second kappa shape index (κ2) is 8.58. The van der Waals surface area contributed by atoms with Gasteiger partial charge in [-0.3, -0.25) is 14.5 Å². The molecule has 31 heavy (non-hydrogen) atoms. The van der Waals surface area contributed by atoms with E-state index < -0.39 is 5.41 Å². The van der Waals surface area contributed by atoms with Gasteiger partial charge in [0.1, 0.15) is 0 Å². The van der Waals surface area contributed by atoms with E-state index in [4.69, 9.17) is 4.74 Å². The number of morpholine rings is 1. The molecule has 7 nitrogen and oxygen atoms in total. The first-order chi connectivity index (χ1) is 15.1. The number of piperidine rings is 1. The fourth-order valence-corrected chi connectivity index (χ4v) is 6.19. The second-order valence-electron chi connectivity index (χ2n) is 10.1. The van der Waals surface area contributed by atoms with E-state index >= 15 is 0 Å². The molecule has 4 fully saturated rings. The summed E-state index contributed by atoms with van der Waals surface area (Å²) >= 11 is 0. The average Bonchev–Trinajstić information content (AvgIpc) is 3.21. The van der Waals surface area contributed by atoms with Crippen LogP contribution in [0, 0.1) is 18.3 Å². The van der Waals surface area contributed by atoms with Crippen LogP contribution in [0.2, 0.25) is 0 Å². The molecule has 2 N–H and O–H groups in total. The molecule has 2 saturated heterocycles. The van der Waals surface area contributed by atoms with Gasteiger partial charge in [0, 0.05) is 50.2 Å². The number of aromatic nitrogens is 1. The maximum absolute atomic E-state index is 13.7. The van der Waals surface area contributed by atoms with Crippen molar-refractivity contribution >= 4 is 11.8 Å². The highest BCUT2D eigenvalue weighted by atomic mass is 16.5. The van der Waals surface area contributed by atoms with E-state index in [9.17, 15) is 9.59 Å². The van der Waals surface area contributed by atoms with Crippen molar-refractivity contribution in [2.45, 2.75) is 64.0 Å². The van der Waals surface area contributed by atoms with Crippen LogP contribution in [0.1, 0.15) is 61.0 Å². The third kappa shape index (κ3) is 3.91. The number of amides is 2. The summed E-state index contributed by atoms with van der Waals surface area (Å²) in [4.78, 5) is 34.6. The first kappa shape index (κ1) is 21.0. The van der Waals surface area contributed by atoms with Crippen molar-refractivity contribution in [1.82, 2.24) is 20.1 Å². The van der Waals surface area contributed by atoms with E-state index in [2.05, 4.69) is 15.2 Å². The number of rotatable bonds is 4. The quantitative estimate of drug-likeness (QED) is 0.772. The zero-order valence-corrected chi connectivity index (χ0v) is 18.7. The zero-order valence-electron chi connectivity index (χ0n) is 18.7. The Bertz CT molecular complexity index is 814. The summed E-state index contributed by atoms with van der Waals surface area (Å²) in [6.07, 6.45) is 9.08. The van der Waals surface area contributed by atoms with Crippen LogP contribution in [0.3, 0.4) is 0 Å². The largest absolute Gasteiger partial charge is 0.379 e. The number of aryl methyl sites for hydroxylation is 1. The molecular weight excluding hydrogens is 392 g/mol. The molecule has 1 aromatic heterocycles. The molecule has 7 heteroatoms. The van der Waals surface area contributed by atoms with Crippen molar-refractivity contribution in [2.24, 2.45) is 11.3 Å². The molecule has 0 spiro atoms. The second-order valence-corrected chi connectivity index (χ2v) is 10.1. The number of H-pyrrole nitrogens is 1. The van der Waals surface area contributed by atoms with Crippen molar-refractivity contribution in [2.75, 3.05) is 39.4 Å². The molecule has 2 saturated carbocycles. The summed E-state index contributed by atoms with van der Waals surface area (Å²) in [6.45, 7) is 6.84. The van der Waals surface area contributed by atoms with E-state index in [0.29, 0.717) is 24.5 Å². The third-order valence-electron chi connectivity index (χ3n) is 8.41. The molecule has 2 aliphatic carbocycles. The summed E-state index contributed by atoms with van der Waals surface area (Å²) in [7, 11) is 0. The van der Waals surface area contributed by atoms with Gasteiger partial charge >= 0.3 is 0 Å². The Morgan fingerprint density at radius 3 is 2.65 bits per heavy atom. The van der Waals surface area contributed by atoms with Gasteiger partial charge in [-0.2, -0.15) is 0 Å². The molecule has 0 radical (unpaired) electrons. The Hall–Kier alpha value is -1.86. The van der Waals surface area contributed by atoms with Gasteiger partial charge in [0.05, 0.1) is 24.2 Å². The molecule has 0 bridgehead atoms. The van der Waals surface area contributed by atoms with Gasteiger partial charge in [-0.25, -0.2) is 0 Å². The summed E-state index contributed by atoms with van der Waals surface area (Å²) in [5.74, 6) is 0.597. The predicted molar refractivity (Wildman–Crippen MR) is 118 cm³/mol. The van der Waals surface area contributed by atoms with Crippen LogP contribution >= 0.6 is 0 Å². The van der Waals surface area contributed by atoms with Gasteiger partial charge in [0.15, 0.2) is 0 Å². The number of nitrogens with one attached hydrogen (secondary N) is 2. The van der Waals surface area contributed by atoms with E-state index in [1.165, 1.54) is 6.42 Å². The molecular formula is C24H36N4O3. The summed E-state index contributed by atoms with van der Waals surface area (Å²) in [6, 6.07) is 2.73. The van der Waals surface area contributed by atoms with Crippen LogP contribution < -0.4 is 5.32 Å². The Labute approximate surface area is 184 Å². The molecule has 3 heterocycles. The SMILES string of the molecule is Cc1[nH]ccc1C(=O)N1CC[C@@H]2C[C@@H](N3CCOCC3)CC[C@@]2(C(=O)NC2CCC2)C1. The molecule has 3 atom stereocenters. The van der Waals surface area contributed by atoms with Gasteiger partial charge in [-0.15, -0.1) is 0 Å². The molecule has 0 unspecified atom stereocenters. The minimum absolute atomic E-state index is 0.0586. The Kier molecular flexibility index (Phi) is 5.82. The number of ether oxygens (including phenoxy) is 1. The lowest BCUT2D eigenvalue weighted by Crippen LogP contribution is -2.62. The fourth-order valence-electron chi connectivity index (χ4n) is 6.19. The molecule has 4 aliphatic rings. The number of fused-ring (bicyclic) bond motifs is 1. The first-order valence-corrected chi connectivity index (χ1v) is 12.1. The highest BCUT2D eigenvalue weighted by Gasteiger charge is 2.53. The Morgan fingerprint density at radius 2 is 1.97 bits per heavy atom. The molecule has 170 valence electrons. The third-order valence-corrected chi connectivity index (χ3v) is 8.41. The average molecular weight is 429 g/mol. The zero-order chi connectivity index (χ0) is 21.4. The van der Waals surface area contributed by atoms with E-state index in [1.807, 2.05) is 24.1 Å². The first-order valence-electron chi connectivity index (χ1n) is 12.1. The molecule has 0 aromatic carbocycles. The standard InChI is InChI=1S/C24H36N4O3/c1-17-21(6-9-25-17)22(29)28-10-7-18-15-20(27-11-13-31-14-12-27)5-8-24(18,16-28)23(30)26-19-3-2-4-19/h6,9,18-20,25H,2-5,7-8,10-16H2,1H3,(H,26,30)/t18-,20+,24-/m1/s1. The van der Waals surface area contributed by atoms with Crippen LogP contribution in [-0.4, -0.2) is 78.1 Å².